The number of carbonyl (C=O) groups is 2. The van der Waals surface area contributed by atoms with Gasteiger partial charge < -0.3 is 15.5 Å². The standard InChI is InChI=1S/C23H26FN3O2/c1-14-8-9-20(24)19-12-21(26-22(14)19)23(29)25-18-7-3-5-16(11-18)17-6-4-10-27(13-17)15(2)28/h3,5,7-9,11,17,21,26H,4,6,10,12-13H2,1-2H3,(H,25,29). The number of hydrogen-bond donors (Lipinski definition) is 2. The van der Waals surface area contributed by atoms with Gasteiger partial charge in [0.05, 0.1) is 0 Å². The van der Waals surface area contributed by atoms with E-state index in [1.54, 1.807) is 13.0 Å². The summed E-state index contributed by atoms with van der Waals surface area (Å²) in [5.41, 5.74) is 4.09. The van der Waals surface area contributed by atoms with Crippen LogP contribution in [0.1, 0.15) is 42.4 Å². The summed E-state index contributed by atoms with van der Waals surface area (Å²) in [7, 11) is 0. The number of fused-ring (bicyclic) bond motifs is 1. The van der Waals surface area contributed by atoms with Crippen LogP contribution in [0.5, 0.6) is 0 Å². The maximum Gasteiger partial charge on any atom is 0.247 e. The van der Waals surface area contributed by atoms with Crippen molar-refractivity contribution in [3.05, 3.63) is 58.9 Å². The molecule has 2 aromatic rings. The summed E-state index contributed by atoms with van der Waals surface area (Å²) >= 11 is 0. The molecule has 0 spiro atoms. The highest BCUT2D eigenvalue weighted by Gasteiger charge is 2.30. The maximum absolute atomic E-state index is 14.1. The molecule has 0 saturated carbocycles. The third-order valence-electron chi connectivity index (χ3n) is 6.00. The van der Waals surface area contributed by atoms with E-state index in [1.165, 1.54) is 6.07 Å². The zero-order chi connectivity index (χ0) is 20.5. The molecule has 4 rings (SSSR count). The smallest absolute Gasteiger partial charge is 0.247 e. The van der Waals surface area contributed by atoms with E-state index < -0.39 is 6.04 Å². The van der Waals surface area contributed by atoms with Gasteiger partial charge >= 0.3 is 0 Å². The van der Waals surface area contributed by atoms with Crippen LogP contribution >= 0.6 is 0 Å². The van der Waals surface area contributed by atoms with Gasteiger partial charge in [-0.1, -0.05) is 18.2 Å². The number of carbonyl (C=O) groups excluding carboxylic acids is 2. The summed E-state index contributed by atoms with van der Waals surface area (Å²) in [5.74, 6) is -0.0717. The summed E-state index contributed by atoms with van der Waals surface area (Å²) in [6.07, 6.45) is 2.35. The SMILES string of the molecule is CC(=O)N1CCCC(c2cccc(NC(=O)C3Cc4c(F)ccc(C)c4N3)c2)C1. The van der Waals surface area contributed by atoms with Crippen LogP contribution in [0.25, 0.3) is 0 Å². The molecule has 29 heavy (non-hydrogen) atoms. The minimum atomic E-state index is -0.493. The van der Waals surface area contributed by atoms with Gasteiger partial charge in [-0.3, -0.25) is 9.59 Å². The number of aryl methyl sites for hydroxylation is 1. The van der Waals surface area contributed by atoms with Crippen molar-refractivity contribution >= 4 is 23.2 Å². The highest BCUT2D eigenvalue weighted by Crippen LogP contribution is 2.32. The van der Waals surface area contributed by atoms with Gasteiger partial charge in [0.15, 0.2) is 0 Å². The van der Waals surface area contributed by atoms with Crippen molar-refractivity contribution in [2.75, 3.05) is 23.7 Å². The summed E-state index contributed by atoms with van der Waals surface area (Å²) < 4.78 is 14.1. The lowest BCUT2D eigenvalue weighted by atomic mass is 9.90. The number of hydrogen-bond acceptors (Lipinski definition) is 3. The molecule has 2 heterocycles. The minimum Gasteiger partial charge on any atom is -0.373 e. The van der Waals surface area contributed by atoms with Gasteiger partial charge in [-0.15, -0.1) is 0 Å². The van der Waals surface area contributed by atoms with Gasteiger partial charge in [0.2, 0.25) is 11.8 Å². The average Bonchev–Trinajstić information content (AvgIpc) is 3.18. The monoisotopic (exact) mass is 395 g/mol. The second kappa shape index (κ2) is 7.85. The lowest BCUT2D eigenvalue weighted by Gasteiger charge is -2.32. The molecule has 2 aliphatic rings. The Hall–Kier alpha value is -2.89. The predicted molar refractivity (Wildman–Crippen MR) is 112 cm³/mol. The van der Waals surface area contributed by atoms with Crippen molar-refractivity contribution in [1.82, 2.24) is 4.90 Å². The molecule has 0 aliphatic carbocycles. The van der Waals surface area contributed by atoms with Crippen molar-refractivity contribution in [3.63, 3.8) is 0 Å². The van der Waals surface area contributed by atoms with Crippen molar-refractivity contribution in [2.45, 2.75) is 45.1 Å². The van der Waals surface area contributed by atoms with E-state index in [0.29, 0.717) is 18.5 Å². The maximum atomic E-state index is 14.1. The second-order valence-corrected chi connectivity index (χ2v) is 8.04. The largest absolute Gasteiger partial charge is 0.373 e. The van der Waals surface area contributed by atoms with Gasteiger partial charge in [0, 0.05) is 49.3 Å². The third kappa shape index (κ3) is 3.97. The van der Waals surface area contributed by atoms with E-state index in [-0.39, 0.29) is 23.5 Å². The molecule has 2 atom stereocenters. The molecule has 2 unspecified atom stereocenters. The van der Waals surface area contributed by atoms with Crippen molar-refractivity contribution in [3.8, 4) is 0 Å². The van der Waals surface area contributed by atoms with Crippen LogP contribution in [-0.2, 0) is 16.0 Å². The summed E-state index contributed by atoms with van der Waals surface area (Å²) in [6.45, 7) is 5.04. The third-order valence-corrected chi connectivity index (χ3v) is 6.00. The molecule has 0 aromatic heterocycles. The molecule has 1 saturated heterocycles. The zero-order valence-corrected chi connectivity index (χ0v) is 16.8. The number of anilines is 2. The fourth-order valence-corrected chi connectivity index (χ4v) is 4.36. The fraction of sp³-hybridized carbons (Fsp3) is 0.391. The van der Waals surface area contributed by atoms with E-state index >= 15 is 0 Å². The molecule has 5 nitrogen and oxygen atoms in total. The molecule has 2 aliphatic heterocycles. The van der Waals surface area contributed by atoms with Crippen molar-refractivity contribution in [1.29, 1.82) is 0 Å². The lowest BCUT2D eigenvalue weighted by Crippen LogP contribution is -2.37. The number of nitrogens with zero attached hydrogens (tertiary/aromatic N) is 1. The Morgan fingerprint density at radius 1 is 1.24 bits per heavy atom. The Labute approximate surface area is 170 Å². The Morgan fingerprint density at radius 2 is 2.07 bits per heavy atom. The quantitative estimate of drug-likeness (QED) is 0.830. The summed E-state index contributed by atoms with van der Waals surface area (Å²) in [6, 6.07) is 10.5. The van der Waals surface area contributed by atoms with Crippen molar-refractivity contribution in [2.24, 2.45) is 0 Å². The average molecular weight is 395 g/mol. The normalized spacial score (nSPS) is 20.7. The Morgan fingerprint density at radius 3 is 2.83 bits per heavy atom. The van der Waals surface area contributed by atoms with Gasteiger partial charge in [-0.05, 0) is 49.1 Å². The Kier molecular flexibility index (Phi) is 5.26. The highest BCUT2D eigenvalue weighted by atomic mass is 19.1. The number of rotatable bonds is 3. The molecule has 2 aromatic carbocycles. The molecule has 152 valence electrons. The van der Waals surface area contributed by atoms with E-state index in [9.17, 15) is 14.0 Å². The molecular weight excluding hydrogens is 369 g/mol. The topological polar surface area (TPSA) is 61.4 Å². The molecule has 2 amide bonds. The molecular formula is C23H26FN3O2. The molecule has 0 radical (unpaired) electrons. The first-order valence-corrected chi connectivity index (χ1v) is 10.1. The van der Waals surface area contributed by atoms with Gasteiger partial charge in [-0.2, -0.15) is 0 Å². The van der Waals surface area contributed by atoms with Crippen LogP contribution < -0.4 is 10.6 Å². The molecule has 6 heteroatoms. The van der Waals surface area contributed by atoms with Crippen LogP contribution in [0.15, 0.2) is 36.4 Å². The van der Waals surface area contributed by atoms with Gasteiger partial charge in [0.25, 0.3) is 0 Å². The minimum absolute atomic E-state index is 0.105. The number of halogens is 1. The second-order valence-electron chi connectivity index (χ2n) is 8.04. The molecule has 1 fully saturated rings. The van der Waals surface area contributed by atoms with Crippen LogP contribution in [-0.4, -0.2) is 35.8 Å². The van der Waals surface area contributed by atoms with Crippen LogP contribution in [0.3, 0.4) is 0 Å². The number of piperidine rings is 1. The van der Waals surface area contributed by atoms with Gasteiger partial charge in [-0.25, -0.2) is 4.39 Å². The predicted octanol–water partition coefficient (Wildman–Crippen LogP) is 3.84. The number of nitrogens with one attached hydrogen (secondary N) is 2. The molecule has 2 N–H and O–H groups in total. The highest BCUT2D eigenvalue weighted by molar-refractivity contribution is 5.98. The molecule has 0 bridgehead atoms. The van der Waals surface area contributed by atoms with E-state index in [1.807, 2.05) is 36.1 Å². The van der Waals surface area contributed by atoms with E-state index in [0.717, 1.165) is 41.9 Å². The van der Waals surface area contributed by atoms with Crippen LogP contribution in [0.2, 0.25) is 0 Å². The first kappa shape index (κ1) is 19.4. The van der Waals surface area contributed by atoms with Crippen LogP contribution in [0, 0.1) is 12.7 Å². The number of benzene rings is 2. The first-order valence-electron chi connectivity index (χ1n) is 10.1. The Balaban J connectivity index is 1.45. The van der Waals surface area contributed by atoms with Crippen LogP contribution in [0.4, 0.5) is 15.8 Å². The Bertz CT molecular complexity index is 928. The van der Waals surface area contributed by atoms with E-state index in [2.05, 4.69) is 10.6 Å². The number of amides is 2. The first-order chi connectivity index (χ1) is 13.9. The lowest BCUT2D eigenvalue weighted by molar-refractivity contribution is -0.130. The fourth-order valence-electron chi connectivity index (χ4n) is 4.36. The van der Waals surface area contributed by atoms with Crippen molar-refractivity contribution < 1.29 is 14.0 Å². The zero-order valence-electron chi connectivity index (χ0n) is 16.8. The van der Waals surface area contributed by atoms with E-state index in [4.69, 9.17) is 0 Å². The summed E-state index contributed by atoms with van der Waals surface area (Å²) in [5, 5.41) is 6.13. The number of likely N-dealkylation sites (tertiary alicyclic amines) is 1. The van der Waals surface area contributed by atoms with Gasteiger partial charge in [0.1, 0.15) is 11.9 Å². The summed E-state index contributed by atoms with van der Waals surface area (Å²) in [4.78, 5) is 26.4.